The number of methoxy groups -OCH3 is 1. The lowest BCUT2D eigenvalue weighted by atomic mass is 10.1. The van der Waals surface area contributed by atoms with Crippen molar-refractivity contribution in [1.29, 1.82) is 0 Å². The third-order valence-electron chi connectivity index (χ3n) is 3.28. The summed E-state index contributed by atoms with van der Waals surface area (Å²) < 4.78 is 10.8. The first-order valence-electron chi connectivity index (χ1n) is 6.87. The molecular formula is C17H19ClO3. The fraction of sp³-hybridized carbons (Fsp3) is 0.294. The molecule has 2 aromatic rings. The molecule has 4 heteroatoms. The molecule has 21 heavy (non-hydrogen) atoms. The molecule has 2 aromatic carbocycles. The average Bonchev–Trinajstić information content (AvgIpc) is 2.53. The van der Waals surface area contributed by atoms with Crippen LogP contribution < -0.4 is 9.47 Å². The number of benzene rings is 2. The van der Waals surface area contributed by atoms with Crippen LogP contribution in [0.2, 0.25) is 5.02 Å². The van der Waals surface area contributed by atoms with E-state index in [0.717, 1.165) is 16.9 Å². The predicted octanol–water partition coefficient (Wildman–Crippen LogP) is 4.37. The summed E-state index contributed by atoms with van der Waals surface area (Å²) in [6.45, 7) is 2.35. The molecule has 2 rings (SSSR count). The number of halogens is 1. The second kappa shape index (κ2) is 7.34. The van der Waals surface area contributed by atoms with Crippen LogP contribution in [0.5, 0.6) is 11.5 Å². The summed E-state index contributed by atoms with van der Waals surface area (Å²) in [5, 5.41) is 10.3. The van der Waals surface area contributed by atoms with E-state index in [1.54, 1.807) is 19.2 Å². The third kappa shape index (κ3) is 4.13. The molecule has 0 fully saturated rings. The standard InChI is InChI=1S/C17H19ClO3/c1-3-16(19)13-6-9-17(15(18)10-13)21-11-12-4-7-14(20-2)8-5-12/h4-10,16,19H,3,11H2,1-2H3. The van der Waals surface area contributed by atoms with Crippen LogP contribution in [0.4, 0.5) is 0 Å². The number of aliphatic hydroxyl groups excluding tert-OH is 1. The molecule has 0 aliphatic rings. The second-order valence-electron chi connectivity index (χ2n) is 4.75. The molecule has 0 bridgehead atoms. The van der Waals surface area contributed by atoms with Gasteiger partial charge in [0.05, 0.1) is 18.2 Å². The summed E-state index contributed by atoms with van der Waals surface area (Å²) in [4.78, 5) is 0. The lowest BCUT2D eigenvalue weighted by molar-refractivity contribution is 0.173. The average molecular weight is 307 g/mol. The van der Waals surface area contributed by atoms with Crippen LogP contribution in [0.15, 0.2) is 42.5 Å². The van der Waals surface area contributed by atoms with Crippen molar-refractivity contribution in [2.45, 2.75) is 26.1 Å². The second-order valence-corrected chi connectivity index (χ2v) is 5.16. The van der Waals surface area contributed by atoms with Crippen LogP contribution >= 0.6 is 11.6 Å². The van der Waals surface area contributed by atoms with Gasteiger partial charge in [0.1, 0.15) is 18.1 Å². The molecule has 3 nitrogen and oxygen atoms in total. The van der Waals surface area contributed by atoms with Crippen LogP contribution in [-0.4, -0.2) is 12.2 Å². The zero-order valence-corrected chi connectivity index (χ0v) is 12.9. The molecule has 0 radical (unpaired) electrons. The lowest BCUT2D eigenvalue weighted by Crippen LogP contribution is -1.98. The number of aliphatic hydroxyl groups is 1. The minimum absolute atomic E-state index is 0.430. The molecular weight excluding hydrogens is 288 g/mol. The first-order valence-corrected chi connectivity index (χ1v) is 7.25. The van der Waals surface area contributed by atoms with Gasteiger partial charge in [-0.15, -0.1) is 0 Å². The van der Waals surface area contributed by atoms with Crippen molar-refractivity contribution in [3.63, 3.8) is 0 Å². The topological polar surface area (TPSA) is 38.7 Å². The van der Waals surface area contributed by atoms with Crippen molar-refractivity contribution in [3.05, 3.63) is 58.6 Å². The zero-order chi connectivity index (χ0) is 15.2. The number of rotatable bonds is 6. The SMILES string of the molecule is CCC(O)c1ccc(OCc2ccc(OC)cc2)c(Cl)c1. The highest BCUT2D eigenvalue weighted by Crippen LogP contribution is 2.29. The van der Waals surface area contributed by atoms with E-state index in [-0.39, 0.29) is 0 Å². The molecule has 1 N–H and O–H groups in total. The molecule has 0 saturated carbocycles. The fourth-order valence-electron chi connectivity index (χ4n) is 1.96. The summed E-state index contributed by atoms with van der Waals surface area (Å²) in [6.07, 6.45) is 0.167. The van der Waals surface area contributed by atoms with Crippen LogP contribution in [-0.2, 0) is 6.61 Å². The van der Waals surface area contributed by atoms with Gasteiger partial charge in [0.15, 0.2) is 0 Å². The van der Waals surface area contributed by atoms with E-state index in [4.69, 9.17) is 21.1 Å². The van der Waals surface area contributed by atoms with Gasteiger partial charge in [-0.3, -0.25) is 0 Å². The van der Waals surface area contributed by atoms with Crippen molar-refractivity contribution in [1.82, 2.24) is 0 Å². The minimum atomic E-state index is -0.488. The Kier molecular flexibility index (Phi) is 5.48. The normalized spacial score (nSPS) is 12.0. The number of hydrogen-bond donors (Lipinski definition) is 1. The van der Waals surface area contributed by atoms with E-state index in [1.807, 2.05) is 37.3 Å². The van der Waals surface area contributed by atoms with Crippen LogP contribution in [0.25, 0.3) is 0 Å². The highest BCUT2D eigenvalue weighted by atomic mass is 35.5. The summed E-state index contributed by atoms with van der Waals surface area (Å²) >= 11 is 6.19. The smallest absolute Gasteiger partial charge is 0.138 e. The Bertz CT molecular complexity index is 581. The van der Waals surface area contributed by atoms with Crippen molar-refractivity contribution in [2.24, 2.45) is 0 Å². The maximum atomic E-state index is 9.79. The molecule has 1 atom stereocenters. The Labute approximate surface area is 130 Å². The van der Waals surface area contributed by atoms with E-state index in [1.165, 1.54) is 0 Å². The Morgan fingerprint density at radius 2 is 1.86 bits per heavy atom. The Morgan fingerprint density at radius 3 is 2.43 bits per heavy atom. The summed E-state index contributed by atoms with van der Waals surface area (Å²) in [7, 11) is 1.64. The maximum Gasteiger partial charge on any atom is 0.138 e. The minimum Gasteiger partial charge on any atom is -0.497 e. The highest BCUT2D eigenvalue weighted by molar-refractivity contribution is 6.32. The Balaban J connectivity index is 2.02. The van der Waals surface area contributed by atoms with Crippen molar-refractivity contribution in [2.75, 3.05) is 7.11 Å². The lowest BCUT2D eigenvalue weighted by Gasteiger charge is -2.12. The van der Waals surface area contributed by atoms with Gasteiger partial charge in [0.2, 0.25) is 0 Å². The number of ether oxygens (including phenoxy) is 2. The van der Waals surface area contributed by atoms with E-state index >= 15 is 0 Å². The van der Waals surface area contributed by atoms with Gasteiger partial charge < -0.3 is 14.6 Å². The van der Waals surface area contributed by atoms with E-state index in [2.05, 4.69) is 0 Å². The molecule has 112 valence electrons. The molecule has 0 aromatic heterocycles. The summed E-state index contributed by atoms with van der Waals surface area (Å²) in [5.74, 6) is 1.43. The predicted molar refractivity (Wildman–Crippen MR) is 84.0 cm³/mol. The van der Waals surface area contributed by atoms with Gasteiger partial charge >= 0.3 is 0 Å². The van der Waals surface area contributed by atoms with Gasteiger partial charge in [-0.25, -0.2) is 0 Å². The first kappa shape index (κ1) is 15.7. The molecule has 1 unspecified atom stereocenters. The van der Waals surface area contributed by atoms with Gasteiger partial charge in [-0.1, -0.05) is 36.7 Å². The molecule has 0 aliphatic heterocycles. The van der Waals surface area contributed by atoms with Gasteiger partial charge in [-0.05, 0) is 41.8 Å². The first-order chi connectivity index (χ1) is 10.1. The van der Waals surface area contributed by atoms with Crippen LogP contribution in [0.3, 0.4) is 0 Å². The fourth-order valence-corrected chi connectivity index (χ4v) is 2.20. The summed E-state index contributed by atoms with van der Waals surface area (Å²) in [5.41, 5.74) is 1.84. The maximum absolute atomic E-state index is 9.79. The van der Waals surface area contributed by atoms with E-state index in [9.17, 15) is 5.11 Å². The van der Waals surface area contributed by atoms with E-state index in [0.29, 0.717) is 23.8 Å². The number of hydrogen-bond acceptors (Lipinski definition) is 3. The van der Waals surface area contributed by atoms with Crippen molar-refractivity contribution < 1.29 is 14.6 Å². The molecule has 0 aliphatic carbocycles. The molecule has 0 spiro atoms. The van der Waals surface area contributed by atoms with Crippen LogP contribution in [0.1, 0.15) is 30.6 Å². The monoisotopic (exact) mass is 306 g/mol. The quantitative estimate of drug-likeness (QED) is 0.861. The van der Waals surface area contributed by atoms with Crippen molar-refractivity contribution >= 4 is 11.6 Å². The molecule has 0 heterocycles. The highest BCUT2D eigenvalue weighted by Gasteiger charge is 2.09. The molecule has 0 amide bonds. The molecule has 0 saturated heterocycles. The van der Waals surface area contributed by atoms with Crippen LogP contribution in [0, 0.1) is 0 Å². The van der Waals surface area contributed by atoms with Gasteiger partial charge in [0, 0.05) is 0 Å². The van der Waals surface area contributed by atoms with E-state index < -0.39 is 6.10 Å². The summed E-state index contributed by atoms with van der Waals surface area (Å²) in [6, 6.07) is 13.1. The zero-order valence-electron chi connectivity index (χ0n) is 12.2. The van der Waals surface area contributed by atoms with Gasteiger partial charge in [-0.2, -0.15) is 0 Å². The Morgan fingerprint density at radius 1 is 1.14 bits per heavy atom. The third-order valence-corrected chi connectivity index (χ3v) is 3.58. The largest absolute Gasteiger partial charge is 0.497 e. The van der Waals surface area contributed by atoms with Crippen molar-refractivity contribution in [3.8, 4) is 11.5 Å². The Hall–Kier alpha value is -1.71. The van der Waals surface area contributed by atoms with Gasteiger partial charge in [0.25, 0.3) is 0 Å².